The Morgan fingerprint density at radius 2 is 1.81 bits per heavy atom. The van der Waals surface area contributed by atoms with Crippen molar-refractivity contribution < 1.29 is 13.9 Å². The summed E-state index contributed by atoms with van der Waals surface area (Å²) in [7, 11) is 0. The number of halogens is 1. The molecule has 6 nitrogen and oxygen atoms in total. The van der Waals surface area contributed by atoms with E-state index in [0.717, 1.165) is 42.9 Å². The SMILES string of the molecule is O=C(NCC(c1ccc(F)cc1)N1CCOCC1)c1cc(C2CC2)nn1-c1ccccc1. The summed E-state index contributed by atoms with van der Waals surface area (Å²) in [5.41, 5.74) is 3.36. The van der Waals surface area contributed by atoms with Crippen LogP contribution in [-0.4, -0.2) is 53.4 Å². The van der Waals surface area contributed by atoms with Gasteiger partial charge in [0.05, 0.1) is 30.6 Å². The van der Waals surface area contributed by atoms with Gasteiger partial charge in [-0.3, -0.25) is 9.69 Å². The maximum Gasteiger partial charge on any atom is 0.270 e. The zero-order valence-electron chi connectivity index (χ0n) is 17.9. The lowest BCUT2D eigenvalue weighted by Gasteiger charge is -2.35. The number of amides is 1. The van der Waals surface area contributed by atoms with E-state index >= 15 is 0 Å². The van der Waals surface area contributed by atoms with Crippen molar-refractivity contribution in [3.05, 3.63) is 83.4 Å². The van der Waals surface area contributed by atoms with Crippen molar-refractivity contribution in [3.63, 3.8) is 0 Å². The van der Waals surface area contributed by atoms with Crippen LogP contribution < -0.4 is 5.32 Å². The van der Waals surface area contributed by atoms with Crippen molar-refractivity contribution in [1.29, 1.82) is 0 Å². The summed E-state index contributed by atoms with van der Waals surface area (Å²) in [4.78, 5) is 15.6. The molecule has 7 heteroatoms. The smallest absolute Gasteiger partial charge is 0.270 e. The monoisotopic (exact) mass is 434 g/mol. The second-order valence-corrected chi connectivity index (χ2v) is 8.40. The number of carbonyl (C=O) groups is 1. The van der Waals surface area contributed by atoms with E-state index in [9.17, 15) is 9.18 Å². The predicted octanol–water partition coefficient (Wildman–Crippen LogP) is 3.69. The molecule has 2 aliphatic rings. The van der Waals surface area contributed by atoms with E-state index in [2.05, 4.69) is 10.2 Å². The topological polar surface area (TPSA) is 59.4 Å². The first-order chi connectivity index (χ1) is 15.7. The quantitative estimate of drug-likeness (QED) is 0.616. The number of nitrogens with zero attached hydrogens (tertiary/aromatic N) is 3. The minimum absolute atomic E-state index is 0.0561. The Kier molecular flexibility index (Phi) is 6.01. The predicted molar refractivity (Wildman–Crippen MR) is 119 cm³/mol. The van der Waals surface area contributed by atoms with Crippen LogP contribution in [0.25, 0.3) is 5.69 Å². The van der Waals surface area contributed by atoms with E-state index in [1.807, 2.05) is 36.4 Å². The fourth-order valence-corrected chi connectivity index (χ4v) is 4.22. The third-order valence-electron chi connectivity index (χ3n) is 6.15. The van der Waals surface area contributed by atoms with Crippen LogP contribution in [0.15, 0.2) is 60.7 Å². The second kappa shape index (κ2) is 9.22. The molecule has 1 N–H and O–H groups in total. The molecule has 0 radical (unpaired) electrons. The lowest BCUT2D eigenvalue weighted by atomic mass is 10.0. The van der Waals surface area contributed by atoms with Crippen LogP contribution in [0, 0.1) is 5.82 Å². The highest BCUT2D eigenvalue weighted by Gasteiger charge is 2.30. The van der Waals surface area contributed by atoms with Gasteiger partial charge in [0.1, 0.15) is 11.5 Å². The van der Waals surface area contributed by atoms with Gasteiger partial charge >= 0.3 is 0 Å². The van der Waals surface area contributed by atoms with Crippen molar-refractivity contribution >= 4 is 5.91 Å². The lowest BCUT2D eigenvalue weighted by Crippen LogP contribution is -2.44. The summed E-state index contributed by atoms with van der Waals surface area (Å²) in [6.45, 7) is 3.26. The highest BCUT2D eigenvalue weighted by Crippen LogP contribution is 2.39. The fourth-order valence-electron chi connectivity index (χ4n) is 4.22. The molecule has 2 fully saturated rings. The van der Waals surface area contributed by atoms with Gasteiger partial charge in [0.25, 0.3) is 5.91 Å². The molecule has 1 unspecified atom stereocenters. The standard InChI is InChI=1S/C25H27FN4O2/c26-20-10-8-19(9-11-20)24(29-12-14-32-15-13-29)17-27-25(31)23-16-22(18-6-7-18)28-30(23)21-4-2-1-3-5-21/h1-5,8-11,16,18,24H,6-7,12-15,17H2,(H,27,31). The number of para-hydroxylation sites is 1. The Balaban J connectivity index is 1.38. The van der Waals surface area contributed by atoms with Gasteiger partial charge in [-0.05, 0) is 48.7 Å². The first kappa shape index (κ1) is 20.8. The van der Waals surface area contributed by atoms with E-state index in [1.165, 1.54) is 12.1 Å². The van der Waals surface area contributed by atoms with Crippen LogP contribution >= 0.6 is 0 Å². The van der Waals surface area contributed by atoms with Crippen molar-refractivity contribution in [2.75, 3.05) is 32.8 Å². The average Bonchev–Trinajstić information content (AvgIpc) is 3.59. The highest BCUT2D eigenvalue weighted by molar-refractivity contribution is 5.93. The number of ether oxygens (including phenoxy) is 1. The number of nitrogens with one attached hydrogen (secondary N) is 1. The van der Waals surface area contributed by atoms with Crippen molar-refractivity contribution in [2.24, 2.45) is 0 Å². The zero-order chi connectivity index (χ0) is 21.9. The van der Waals surface area contributed by atoms with Crippen LogP contribution in [-0.2, 0) is 4.74 Å². The number of morpholine rings is 1. The molecule has 166 valence electrons. The molecule has 1 atom stereocenters. The molecule has 2 aromatic carbocycles. The summed E-state index contributed by atoms with van der Waals surface area (Å²) in [5.74, 6) is 0.0262. The Bertz CT molecular complexity index is 1060. The van der Waals surface area contributed by atoms with E-state index < -0.39 is 0 Å². The van der Waals surface area contributed by atoms with Gasteiger partial charge in [0, 0.05) is 25.6 Å². The number of hydrogen-bond donors (Lipinski definition) is 1. The van der Waals surface area contributed by atoms with Gasteiger partial charge in [0.15, 0.2) is 0 Å². The van der Waals surface area contributed by atoms with Gasteiger partial charge in [0.2, 0.25) is 0 Å². The maximum atomic E-state index is 13.5. The summed E-state index contributed by atoms with van der Waals surface area (Å²) >= 11 is 0. The third kappa shape index (κ3) is 4.59. The highest BCUT2D eigenvalue weighted by atomic mass is 19.1. The Morgan fingerprint density at radius 1 is 1.09 bits per heavy atom. The number of carbonyl (C=O) groups excluding carboxylic acids is 1. The van der Waals surface area contributed by atoms with Crippen LogP contribution in [0.1, 0.15) is 46.5 Å². The molecular weight excluding hydrogens is 407 g/mol. The average molecular weight is 435 g/mol. The summed E-state index contributed by atoms with van der Waals surface area (Å²) in [6, 6.07) is 18.1. The van der Waals surface area contributed by atoms with E-state index in [-0.39, 0.29) is 17.8 Å². The molecular formula is C25H27FN4O2. The second-order valence-electron chi connectivity index (χ2n) is 8.40. The first-order valence-corrected chi connectivity index (χ1v) is 11.2. The normalized spacial score (nSPS) is 17.8. The van der Waals surface area contributed by atoms with Gasteiger partial charge in [-0.1, -0.05) is 30.3 Å². The Hall–Kier alpha value is -3.03. The van der Waals surface area contributed by atoms with E-state index in [0.29, 0.717) is 31.4 Å². The van der Waals surface area contributed by atoms with Gasteiger partial charge in [-0.2, -0.15) is 5.10 Å². The molecule has 2 heterocycles. The van der Waals surface area contributed by atoms with Gasteiger partial charge < -0.3 is 10.1 Å². The summed E-state index contributed by atoms with van der Waals surface area (Å²) in [5, 5.41) is 7.85. The van der Waals surface area contributed by atoms with Crippen molar-refractivity contribution in [1.82, 2.24) is 20.0 Å². The Morgan fingerprint density at radius 3 is 2.50 bits per heavy atom. The van der Waals surface area contributed by atoms with Crippen molar-refractivity contribution in [3.8, 4) is 5.69 Å². The zero-order valence-corrected chi connectivity index (χ0v) is 17.9. The van der Waals surface area contributed by atoms with E-state index in [4.69, 9.17) is 9.84 Å². The first-order valence-electron chi connectivity index (χ1n) is 11.2. The number of aromatic nitrogens is 2. The largest absolute Gasteiger partial charge is 0.379 e. The number of benzene rings is 2. The summed E-state index contributed by atoms with van der Waals surface area (Å²) in [6.07, 6.45) is 2.24. The molecule has 0 bridgehead atoms. The molecule has 1 saturated carbocycles. The molecule has 1 amide bonds. The van der Waals surface area contributed by atoms with Crippen molar-refractivity contribution in [2.45, 2.75) is 24.8 Å². The minimum atomic E-state index is -0.266. The lowest BCUT2D eigenvalue weighted by molar-refractivity contribution is 0.0162. The van der Waals surface area contributed by atoms with Crippen LogP contribution in [0.5, 0.6) is 0 Å². The summed E-state index contributed by atoms with van der Waals surface area (Å²) < 4.78 is 20.7. The fraction of sp³-hybridized carbons (Fsp3) is 0.360. The van der Waals surface area contributed by atoms with Gasteiger partial charge in [-0.15, -0.1) is 0 Å². The van der Waals surface area contributed by atoms with Gasteiger partial charge in [-0.25, -0.2) is 9.07 Å². The minimum Gasteiger partial charge on any atom is -0.379 e. The Labute approximate surface area is 187 Å². The number of hydrogen-bond acceptors (Lipinski definition) is 4. The molecule has 32 heavy (non-hydrogen) atoms. The van der Waals surface area contributed by atoms with E-state index in [1.54, 1.807) is 16.8 Å². The van der Waals surface area contributed by atoms with Crippen LogP contribution in [0.4, 0.5) is 4.39 Å². The van der Waals surface area contributed by atoms with Crippen LogP contribution in [0.3, 0.4) is 0 Å². The molecule has 1 aromatic heterocycles. The third-order valence-corrected chi connectivity index (χ3v) is 6.15. The molecule has 1 aliphatic carbocycles. The molecule has 0 spiro atoms. The molecule has 5 rings (SSSR count). The molecule has 1 aliphatic heterocycles. The number of rotatable bonds is 7. The molecule has 3 aromatic rings. The maximum absolute atomic E-state index is 13.5. The van der Waals surface area contributed by atoms with Crippen LogP contribution in [0.2, 0.25) is 0 Å². The molecule has 1 saturated heterocycles.